The van der Waals surface area contributed by atoms with Gasteiger partial charge in [0.1, 0.15) is 0 Å². The van der Waals surface area contributed by atoms with E-state index in [9.17, 15) is 0 Å². The van der Waals surface area contributed by atoms with Crippen LogP contribution in [0.25, 0.3) is 0 Å². The average molecular weight is 312 g/mol. The minimum atomic E-state index is 0.368. The zero-order valence-corrected chi connectivity index (χ0v) is 13.6. The van der Waals surface area contributed by atoms with Gasteiger partial charge in [-0.25, -0.2) is 0 Å². The number of allylic oxidation sites excluding steroid dienone is 1. The molecule has 0 spiro atoms. The van der Waals surface area contributed by atoms with Gasteiger partial charge in [0, 0.05) is 16.1 Å². The monoisotopic (exact) mass is 311 g/mol. The van der Waals surface area contributed by atoms with Crippen molar-refractivity contribution in [3.05, 3.63) is 45.5 Å². The van der Waals surface area contributed by atoms with Gasteiger partial charge in [0.05, 0.1) is 0 Å². The van der Waals surface area contributed by atoms with E-state index >= 15 is 0 Å². The smallest absolute Gasteiger partial charge is 0.0453 e. The maximum Gasteiger partial charge on any atom is 0.0453 e. The van der Waals surface area contributed by atoms with E-state index in [1.165, 1.54) is 31.3 Å². The molecule has 3 heteroatoms. The first-order valence-corrected chi connectivity index (χ1v) is 8.33. The number of halogens is 2. The highest BCUT2D eigenvalue weighted by atomic mass is 35.5. The second kappa shape index (κ2) is 8.07. The van der Waals surface area contributed by atoms with E-state index in [0.29, 0.717) is 6.04 Å². The second-order valence-corrected chi connectivity index (χ2v) is 6.25. The Morgan fingerprint density at radius 2 is 1.95 bits per heavy atom. The number of hydrogen-bond donors (Lipinski definition) is 1. The van der Waals surface area contributed by atoms with Gasteiger partial charge in [-0.15, -0.1) is 0 Å². The van der Waals surface area contributed by atoms with Crippen LogP contribution in [0.1, 0.15) is 44.6 Å². The molecule has 1 aliphatic rings. The molecule has 0 saturated carbocycles. The quantitative estimate of drug-likeness (QED) is 0.693. The highest BCUT2D eigenvalue weighted by Gasteiger charge is 2.18. The molecule has 20 heavy (non-hydrogen) atoms. The van der Waals surface area contributed by atoms with Crippen LogP contribution in [0.15, 0.2) is 29.8 Å². The molecule has 2 rings (SSSR count). The van der Waals surface area contributed by atoms with Gasteiger partial charge in [-0.05, 0) is 62.8 Å². The Kier molecular flexibility index (Phi) is 6.41. The fourth-order valence-electron chi connectivity index (χ4n) is 2.76. The van der Waals surface area contributed by atoms with Crippen LogP contribution in [-0.4, -0.2) is 12.6 Å². The summed E-state index contributed by atoms with van der Waals surface area (Å²) >= 11 is 12.6. The van der Waals surface area contributed by atoms with Crippen LogP contribution in [-0.2, 0) is 6.42 Å². The molecule has 0 bridgehead atoms. The van der Waals surface area contributed by atoms with Crippen LogP contribution in [0.4, 0.5) is 0 Å². The van der Waals surface area contributed by atoms with E-state index in [-0.39, 0.29) is 0 Å². The molecule has 0 fully saturated rings. The van der Waals surface area contributed by atoms with Crippen molar-refractivity contribution < 1.29 is 0 Å². The molecule has 1 unspecified atom stereocenters. The molecule has 1 nitrogen and oxygen atoms in total. The van der Waals surface area contributed by atoms with Crippen LogP contribution in [0.5, 0.6) is 0 Å². The topological polar surface area (TPSA) is 12.0 Å². The van der Waals surface area contributed by atoms with E-state index in [4.69, 9.17) is 23.2 Å². The highest BCUT2D eigenvalue weighted by Crippen LogP contribution is 2.29. The zero-order chi connectivity index (χ0) is 14.4. The van der Waals surface area contributed by atoms with Crippen LogP contribution in [0.3, 0.4) is 0 Å². The molecule has 1 atom stereocenters. The first-order valence-electron chi connectivity index (χ1n) is 7.57. The zero-order valence-electron chi connectivity index (χ0n) is 12.1. The molecule has 0 aliphatic heterocycles. The third-order valence-electron chi connectivity index (χ3n) is 3.88. The largest absolute Gasteiger partial charge is 0.310 e. The van der Waals surface area contributed by atoms with Gasteiger partial charge in [0.15, 0.2) is 0 Å². The third kappa shape index (κ3) is 4.25. The summed E-state index contributed by atoms with van der Waals surface area (Å²) in [5, 5.41) is 5.21. The lowest BCUT2D eigenvalue weighted by Crippen LogP contribution is -2.34. The summed E-state index contributed by atoms with van der Waals surface area (Å²) < 4.78 is 0. The molecule has 1 aromatic rings. The molecule has 110 valence electrons. The SMILES string of the molecule is CCCNC(Cc1c(Cl)cccc1Cl)C1=CCCCC1. The lowest BCUT2D eigenvalue weighted by Gasteiger charge is -2.25. The average Bonchev–Trinajstić information content (AvgIpc) is 2.47. The van der Waals surface area contributed by atoms with Crippen molar-refractivity contribution in [2.75, 3.05) is 6.54 Å². The molecule has 0 radical (unpaired) electrons. The summed E-state index contributed by atoms with van der Waals surface area (Å²) in [4.78, 5) is 0. The van der Waals surface area contributed by atoms with Crippen LogP contribution < -0.4 is 5.32 Å². The lowest BCUT2D eigenvalue weighted by molar-refractivity contribution is 0.526. The van der Waals surface area contributed by atoms with E-state index in [1.807, 2.05) is 18.2 Å². The Labute approximate surface area is 132 Å². The maximum absolute atomic E-state index is 6.31. The first-order chi connectivity index (χ1) is 9.72. The fourth-order valence-corrected chi connectivity index (χ4v) is 3.32. The molecular formula is C17H23Cl2N. The van der Waals surface area contributed by atoms with E-state index < -0.39 is 0 Å². The fraction of sp³-hybridized carbons (Fsp3) is 0.529. The minimum Gasteiger partial charge on any atom is -0.310 e. The van der Waals surface area contributed by atoms with Crippen LogP contribution in [0, 0.1) is 0 Å². The van der Waals surface area contributed by atoms with Gasteiger partial charge in [-0.2, -0.15) is 0 Å². The molecular weight excluding hydrogens is 289 g/mol. The molecule has 0 saturated heterocycles. The van der Waals surface area contributed by atoms with Gasteiger partial charge in [-0.1, -0.05) is 47.8 Å². The number of rotatable bonds is 6. The normalized spacial score (nSPS) is 16.9. The van der Waals surface area contributed by atoms with Crippen molar-refractivity contribution in [1.82, 2.24) is 5.32 Å². The second-order valence-electron chi connectivity index (χ2n) is 5.44. The number of hydrogen-bond acceptors (Lipinski definition) is 1. The Balaban J connectivity index is 2.16. The number of benzene rings is 1. The molecule has 1 N–H and O–H groups in total. The summed E-state index contributed by atoms with van der Waals surface area (Å²) in [7, 11) is 0. The van der Waals surface area contributed by atoms with Crippen molar-refractivity contribution in [2.45, 2.75) is 51.5 Å². The summed E-state index contributed by atoms with van der Waals surface area (Å²) in [6.07, 6.45) is 9.44. The summed E-state index contributed by atoms with van der Waals surface area (Å²) in [5.41, 5.74) is 2.59. The van der Waals surface area contributed by atoms with E-state index in [0.717, 1.165) is 35.0 Å². The van der Waals surface area contributed by atoms with Crippen molar-refractivity contribution in [3.63, 3.8) is 0 Å². The predicted molar refractivity (Wildman–Crippen MR) is 88.8 cm³/mol. The maximum atomic E-state index is 6.31. The highest BCUT2D eigenvalue weighted by molar-refractivity contribution is 6.36. The van der Waals surface area contributed by atoms with Crippen molar-refractivity contribution in [3.8, 4) is 0 Å². The molecule has 0 amide bonds. The van der Waals surface area contributed by atoms with Gasteiger partial charge in [0.25, 0.3) is 0 Å². The van der Waals surface area contributed by atoms with E-state index in [2.05, 4.69) is 18.3 Å². The summed E-state index contributed by atoms with van der Waals surface area (Å²) in [5.74, 6) is 0. The Morgan fingerprint density at radius 3 is 2.55 bits per heavy atom. The van der Waals surface area contributed by atoms with Crippen molar-refractivity contribution >= 4 is 23.2 Å². The summed E-state index contributed by atoms with van der Waals surface area (Å²) in [6.45, 7) is 3.23. The van der Waals surface area contributed by atoms with Crippen LogP contribution >= 0.6 is 23.2 Å². The number of nitrogens with one attached hydrogen (secondary N) is 1. The van der Waals surface area contributed by atoms with Crippen LogP contribution in [0.2, 0.25) is 10.0 Å². The Morgan fingerprint density at radius 1 is 1.20 bits per heavy atom. The van der Waals surface area contributed by atoms with Gasteiger partial charge in [-0.3, -0.25) is 0 Å². The molecule has 0 aromatic heterocycles. The third-order valence-corrected chi connectivity index (χ3v) is 4.59. The van der Waals surface area contributed by atoms with Gasteiger partial charge < -0.3 is 5.32 Å². The van der Waals surface area contributed by atoms with Crippen molar-refractivity contribution in [1.29, 1.82) is 0 Å². The molecule has 1 aromatic carbocycles. The Hall–Kier alpha value is -0.500. The van der Waals surface area contributed by atoms with Crippen molar-refractivity contribution in [2.24, 2.45) is 0 Å². The Bertz CT molecular complexity index is 448. The summed E-state index contributed by atoms with van der Waals surface area (Å²) in [6, 6.07) is 6.12. The standard InChI is InChI=1S/C17H23Cl2N/c1-2-11-20-17(13-7-4-3-5-8-13)12-14-15(18)9-6-10-16(14)19/h6-7,9-10,17,20H,2-5,8,11-12H2,1H3. The minimum absolute atomic E-state index is 0.368. The first kappa shape index (κ1) is 15.9. The molecule has 0 heterocycles. The van der Waals surface area contributed by atoms with Gasteiger partial charge in [0.2, 0.25) is 0 Å². The van der Waals surface area contributed by atoms with E-state index in [1.54, 1.807) is 0 Å². The lowest BCUT2D eigenvalue weighted by atomic mass is 9.90. The van der Waals surface area contributed by atoms with Gasteiger partial charge >= 0.3 is 0 Å². The molecule has 1 aliphatic carbocycles. The predicted octanol–water partition coefficient (Wildman–Crippen LogP) is 5.40.